The van der Waals surface area contributed by atoms with Crippen LogP contribution in [0, 0.1) is 0 Å². The van der Waals surface area contributed by atoms with Crippen LogP contribution < -0.4 is 10.5 Å². The Kier molecular flexibility index (Phi) is 6.03. The first-order valence-corrected chi connectivity index (χ1v) is 6.60. The molecule has 0 aliphatic heterocycles. The Bertz CT molecular complexity index is 410. The van der Waals surface area contributed by atoms with Crippen molar-refractivity contribution in [3.63, 3.8) is 0 Å². The highest BCUT2D eigenvalue weighted by Crippen LogP contribution is 2.33. The van der Waals surface area contributed by atoms with E-state index in [4.69, 9.17) is 45.9 Å². The van der Waals surface area contributed by atoms with Crippen molar-refractivity contribution < 1.29 is 4.74 Å². The van der Waals surface area contributed by atoms with Crippen LogP contribution in [0.5, 0.6) is 5.75 Å². The Balaban J connectivity index is 2.93. The highest BCUT2D eigenvalue weighted by molar-refractivity contribution is 7.80. The van der Waals surface area contributed by atoms with E-state index < -0.39 is 0 Å². The standard InChI is InChI=1S/C12H15Cl2NOS/c1-2-5-16-12-8(3-4-11(15)17)6-9(13)7-10(12)14/h6-7H,2-5H2,1H3,(H2,15,17). The number of hydrogen-bond acceptors (Lipinski definition) is 2. The lowest BCUT2D eigenvalue weighted by Crippen LogP contribution is -2.09. The van der Waals surface area contributed by atoms with Crippen LogP contribution in [0.15, 0.2) is 12.1 Å². The van der Waals surface area contributed by atoms with Crippen molar-refractivity contribution in [1.82, 2.24) is 0 Å². The van der Waals surface area contributed by atoms with Gasteiger partial charge in [0.15, 0.2) is 0 Å². The smallest absolute Gasteiger partial charge is 0.141 e. The van der Waals surface area contributed by atoms with E-state index in [0.717, 1.165) is 12.0 Å². The Labute approximate surface area is 117 Å². The van der Waals surface area contributed by atoms with Crippen LogP contribution in [0.2, 0.25) is 10.0 Å². The van der Waals surface area contributed by atoms with E-state index in [1.54, 1.807) is 6.07 Å². The summed E-state index contributed by atoms with van der Waals surface area (Å²) in [5, 5.41) is 1.13. The van der Waals surface area contributed by atoms with Crippen LogP contribution in [-0.2, 0) is 6.42 Å². The van der Waals surface area contributed by atoms with Crippen LogP contribution in [-0.4, -0.2) is 11.6 Å². The second-order valence-corrected chi connectivity index (χ2v) is 5.06. The van der Waals surface area contributed by atoms with Crippen molar-refractivity contribution in [3.05, 3.63) is 27.7 Å². The first kappa shape index (κ1) is 14.6. The van der Waals surface area contributed by atoms with E-state index >= 15 is 0 Å². The molecule has 17 heavy (non-hydrogen) atoms. The minimum atomic E-state index is 0.475. The van der Waals surface area contributed by atoms with Gasteiger partial charge in [-0.2, -0.15) is 0 Å². The van der Waals surface area contributed by atoms with Crippen molar-refractivity contribution in [3.8, 4) is 5.75 Å². The summed E-state index contributed by atoms with van der Waals surface area (Å²) in [6.45, 7) is 2.67. The molecule has 0 fully saturated rings. The lowest BCUT2D eigenvalue weighted by Gasteiger charge is -2.13. The molecule has 0 amide bonds. The summed E-state index contributed by atoms with van der Waals surface area (Å²) < 4.78 is 5.63. The van der Waals surface area contributed by atoms with Gasteiger partial charge in [0, 0.05) is 11.4 Å². The highest BCUT2D eigenvalue weighted by Gasteiger charge is 2.10. The van der Waals surface area contributed by atoms with Crippen molar-refractivity contribution in [1.29, 1.82) is 0 Å². The lowest BCUT2D eigenvalue weighted by atomic mass is 10.1. The van der Waals surface area contributed by atoms with Crippen molar-refractivity contribution in [2.75, 3.05) is 6.61 Å². The number of hydrogen-bond donors (Lipinski definition) is 1. The van der Waals surface area contributed by atoms with Gasteiger partial charge in [-0.1, -0.05) is 42.3 Å². The summed E-state index contributed by atoms with van der Waals surface area (Å²) >= 11 is 16.9. The molecule has 0 aromatic heterocycles. The van der Waals surface area contributed by atoms with Gasteiger partial charge in [-0.05, 0) is 30.5 Å². The number of thiocarbonyl (C=S) groups is 1. The molecule has 94 valence electrons. The zero-order valence-electron chi connectivity index (χ0n) is 9.63. The van der Waals surface area contributed by atoms with Gasteiger partial charge < -0.3 is 10.5 Å². The minimum Gasteiger partial charge on any atom is -0.492 e. The van der Waals surface area contributed by atoms with Gasteiger partial charge in [0.25, 0.3) is 0 Å². The molecule has 1 aromatic rings. The molecule has 0 radical (unpaired) electrons. The third-order valence-electron chi connectivity index (χ3n) is 2.18. The van der Waals surface area contributed by atoms with Crippen LogP contribution in [0.25, 0.3) is 0 Å². The first-order valence-electron chi connectivity index (χ1n) is 5.43. The number of nitrogens with two attached hydrogens (primary N) is 1. The number of rotatable bonds is 6. The molecular weight excluding hydrogens is 277 g/mol. The van der Waals surface area contributed by atoms with Gasteiger partial charge in [0.2, 0.25) is 0 Å². The third kappa shape index (κ3) is 4.70. The van der Waals surface area contributed by atoms with Gasteiger partial charge in [0.05, 0.1) is 16.6 Å². The Morgan fingerprint density at radius 1 is 1.41 bits per heavy atom. The van der Waals surface area contributed by atoms with Crippen LogP contribution >= 0.6 is 35.4 Å². The van der Waals surface area contributed by atoms with Crippen molar-refractivity contribution in [2.45, 2.75) is 26.2 Å². The molecule has 0 aliphatic rings. The molecule has 0 aliphatic carbocycles. The SMILES string of the molecule is CCCOc1c(Cl)cc(Cl)cc1CCC(N)=S. The molecule has 0 atom stereocenters. The molecule has 1 rings (SSSR count). The highest BCUT2D eigenvalue weighted by atomic mass is 35.5. The van der Waals surface area contributed by atoms with Gasteiger partial charge in [-0.15, -0.1) is 0 Å². The second-order valence-electron chi connectivity index (χ2n) is 3.69. The first-order chi connectivity index (χ1) is 8.04. The molecule has 2 N–H and O–H groups in total. The molecule has 0 saturated heterocycles. The number of ether oxygens (including phenoxy) is 1. The Morgan fingerprint density at radius 2 is 2.12 bits per heavy atom. The largest absolute Gasteiger partial charge is 0.492 e. The normalized spacial score (nSPS) is 10.3. The molecular formula is C12H15Cl2NOS. The van der Waals surface area contributed by atoms with E-state index in [2.05, 4.69) is 0 Å². The maximum absolute atomic E-state index is 6.11. The second kappa shape index (κ2) is 7.04. The fraction of sp³-hybridized carbons (Fsp3) is 0.417. The monoisotopic (exact) mass is 291 g/mol. The molecule has 5 heteroatoms. The summed E-state index contributed by atoms with van der Waals surface area (Å²) in [6.07, 6.45) is 2.23. The zero-order valence-corrected chi connectivity index (χ0v) is 12.0. The van der Waals surface area contributed by atoms with E-state index in [0.29, 0.717) is 40.2 Å². The predicted molar refractivity (Wildman–Crippen MR) is 77.4 cm³/mol. The van der Waals surface area contributed by atoms with Crippen molar-refractivity contribution in [2.24, 2.45) is 5.73 Å². The van der Waals surface area contributed by atoms with E-state index in [-0.39, 0.29) is 0 Å². The summed E-state index contributed by atoms with van der Waals surface area (Å²) in [5.41, 5.74) is 6.44. The topological polar surface area (TPSA) is 35.2 Å². The average Bonchev–Trinajstić information content (AvgIpc) is 2.24. The van der Waals surface area contributed by atoms with Gasteiger partial charge in [-0.25, -0.2) is 0 Å². The average molecular weight is 292 g/mol. The third-order valence-corrected chi connectivity index (χ3v) is 2.88. The molecule has 0 spiro atoms. The predicted octanol–water partition coefficient (Wildman–Crippen LogP) is 4.00. The number of halogens is 2. The zero-order chi connectivity index (χ0) is 12.8. The molecule has 2 nitrogen and oxygen atoms in total. The number of benzene rings is 1. The Morgan fingerprint density at radius 3 is 2.71 bits per heavy atom. The molecule has 0 bridgehead atoms. The lowest BCUT2D eigenvalue weighted by molar-refractivity contribution is 0.314. The molecule has 1 aromatic carbocycles. The van der Waals surface area contributed by atoms with E-state index in [9.17, 15) is 0 Å². The fourth-order valence-electron chi connectivity index (χ4n) is 1.42. The quantitative estimate of drug-likeness (QED) is 0.805. The fourth-order valence-corrected chi connectivity index (χ4v) is 2.12. The van der Waals surface area contributed by atoms with Crippen LogP contribution in [0.3, 0.4) is 0 Å². The summed E-state index contributed by atoms with van der Waals surface area (Å²) in [6, 6.07) is 3.52. The van der Waals surface area contributed by atoms with Crippen LogP contribution in [0.1, 0.15) is 25.3 Å². The maximum atomic E-state index is 6.11. The minimum absolute atomic E-state index is 0.475. The van der Waals surface area contributed by atoms with E-state index in [1.165, 1.54) is 0 Å². The van der Waals surface area contributed by atoms with Crippen molar-refractivity contribution >= 4 is 40.4 Å². The maximum Gasteiger partial charge on any atom is 0.141 e. The number of aryl methyl sites for hydroxylation is 1. The van der Waals surface area contributed by atoms with Crippen LogP contribution in [0.4, 0.5) is 0 Å². The van der Waals surface area contributed by atoms with Gasteiger partial charge in [-0.3, -0.25) is 0 Å². The summed E-state index contributed by atoms with van der Waals surface area (Å²) in [5.74, 6) is 0.689. The molecule has 0 unspecified atom stereocenters. The summed E-state index contributed by atoms with van der Waals surface area (Å²) in [4.78, 5) is 0.475. The Hall–Kier alpha value is -0.510. The van der Waals surface area contributed by atoms with Gasteiger partial charge in [0.1, 0.15) is 5.75 Å². The molecule has 0 saturated carbocycles. The van der Waals surface area contributed by atoms with E-state index in [1.807, 2.05) is 13.0 Å². The summed E-state index contributed by atoms with van der Waals surface area (Å²) in [7, 11) is 0. The van der Waals surface area contributed by atoms with Gasteiger partial charge >= 0.3 is 0 Å². The molecule has 0 heterocycles.